The Balaban J connectivity index is 1.78. The molecule has 2 aliphatic rings. The Labute approximate surface area is 124 Å². The molecule has 3 heteroatoms. The first-order valence-corrected chi connectivity index (χ1v) is 8.54. The topological polar surface area (TPSA) is 23.6 Å². The van der Waals surface area contributed by atoms with Crippen molar-refractivity contribution in [3.05, 3.63) is 0 Å². The maximum atomic E-state index is 12.5. The smallest absolute Gasteiger partial charge is 0.236 e. The molecule has 0 radical (unpaired) electrons. The SMILES string of the molecule is CC1CCC(N(C)C(=O)CN(C)C2CCCCC2)CC1. The Kier molecular flexibility index (Phi) is 5.88. The second kappa shape index (κ2) is 7.44. The lowest BCUT2D eigenvalue weighted by Gasteiger charge is -2.36. The normalized spacial score (nSPS) is 28.6. The van der Waals surface area contributed by atoms with Crippen molar-refractivity contribution in [1.82, 2.24) is 9.80 Å². The first kappa shape index (κ1) is 15.8. The maximum Gasteiger partial charge on any atom is 0.236 e. The van der Waals surface area contributed by atoms with Crippen LogP contribution in [0, 0.1) is 5.92 Å². The molecule has 20 heavy (non-hydrogen) atoms. The fourth-order valence-electron chi connectivity index (χ4n) is 3.81. The van der Waals surface area contributed by atoms with Crippen molar-refractivity contribution in [1.29, 1.82) is 0 Å². The molecule has 0 atom stereocenters. The van der Waals surface area contributed by atoms with Gasteiger partial charge in [-0.05, 0) is 51.5 Å². The number of hydrogen-bond acceptors (Lipinski definition) is 2. The molecule has 0 unspecified atom stereocenters. The first-order valence-electron chi connectivity index (χ1n) is 8.54. The summed E-state index contributed by atoms with van der Waals surface area (Å²) >= 11 is 0. The van der Waals surface area contributed by atoms with Gasteiger partial charge >= 0.3 is 0 Å². The van der Waals surface area contributed by atoms with Gasteiger partial charge in [0, 0.05) is 19.1 Å². The second-order valence-corrected chi connectivity index (χ2v) is 7.13. The fourth-order valence-corrected chi connectivity index (χ4v) is 3.81. The second-order valence-electron chi connectivity index (χ2n) is 7.13. The number of rotatable bonds is 4. The van der Waals surface area contributed by atoms with Crippen LogP contribution < -0.4 is 0 Å². The van der Waals surface area contributed by atoms with Crippen molar-refractivity contribution in [2.24, 2.45) is 5.92 Å². The van der Waals surface area contributed by atoms with Crippen molar-refractivity contribution >= 4 is 5.91 Å². The highest BCUT2D eigenvalue weighted by molar-refractivity contribution is 5.78. The van der Waals surface area contributed by atoms with Crippen molar-refractivity contribution < 1.29 is 4.79 Å². The molecule has 3 nitrogen and oxygen atoms in total. The Morgan fingerprint density at radius 3 is 2.10 bits per heavy atom. The molecule has 0 heterocycles. The van der Waals surface area contributed by atoms with Gasteiger partial charge in [-0.3, -0.25) is 9.69 Å². The fraction of sp³-hybridized carbons (Fsp3) is 0.941. The van der Waals surface area contributed by atoms with Gasteiger partial charge in [-0.1, -0.05) is 26.2 Å². The first-order chi connectivity index (χ1) is 9.58. The number of hydrogen-bond donors (Lipinski definition) is 0. The van der Waals surface area contributed by atoms with Crippen LogP contribution in [0.4, 0.5) is 0 Å². The third kappa shape index (κ3) is 4.21. The van der Waals surface area contributed by atoms with Crippen molar-refractivity contribution in [3.8, 4) is 0 Å². The zero-order valence-corrected chi connectivity index (χ0v) is 13.6. The van der Waals surface area contributed by atoms with Crippen molar-refractivity contribution in [2.75, 3.05) is 20.6 Å². The highest BCUT2D eigenvalue weighted by atomic mass is 16.2. The summed E-state index contributed by atoms with van der Waals surface area (Å²) in [4.78, 5) is 16.8. The summed E-state index contributed by atoms with van der Waals surface area (Å²) in [5, 5.41) is 0. The van der Waals surface area contributed by atoms with Gasteiger partial charge in [0.15, 0.2) is 0 Å². The van der Waals surface area contributed by atoms with Crippen LogP contribution in [0.1, 0.15) is 64.7 Å². The molecule has 0 aromatic carbocycles. The Morgan fingerprint density at radius 2 is 1.50 bits per heavy atom. The van der Waals surface area contributed by atoms with Gasteiger partial charge in [-0.15, -0.1) is 0 Å². The number of carbonyl (C=O) groups is 1. The minimum Gasteiger partial charge on any atom is -0.342 e. The summed E-state index contributed by atoms with van der Waals surface area (Å²) in [7, 11) is 4.14. The lowest BCUT2D eigenvalue weighted by atomic mass is 9.87. The molecule has 0 aliphatic heterocycles. The van der Waals surface area contributed by atoms with E-state index < -0.39 is 0 Å². The molecule has 2 fully saturated rings. The molecule has 2 rings (SSSR count). The van der Waals surface area contributed by atoms with Crippen LogP contribution in [-0.2, 0) is 4.79 Å². The lowest BCUT2D eigenvalue weighted by Crippen LogP contribution is -2.46. The van der Waals surface area contributed by atoms with Crippen LogP contribution in [-0.4, -0.2) is 48.4 Å². The summed E-state index contributed by atoms with van der Waals surface area (Å²) < 4.78 is 0. The average molecular weight is 280 g/mol. The molecule has 2 aliphatic carbocycles. The summed E-state index contributed by atoms with van der Waals surface area (Å²) in [5.74, 6) is 1.16. The zero-order valence-electron chi connectivity index (χ0n) is 13.6. The van der Waals surface area contributed by atoms with Crippen LogP contribution in [0.15, 0.2) is 0 Å². The summed E-state index contributed by atoms with van der Waals surface area (Å²) in [6, 6.07) is 1.12. The molecule has 0 spiro atoms. The molecular weight excluding hydrogens is 248 g/mol. The van der Waals surface area contributed by atoms with Gasteiger partial charge in [0.05, 0.1) is 6.54 Å². The van der Waals surface area contributed by atoms with E-state index in [4.69, 9.17) is 0 Å². The number of amides is 1. The van der Waals surface area contributed by atoms with Crippen LogP contribution in [0.5, 0.6) is 0 Å². The quantitative estimate of drug-likeness (QED) is 0.789. The van der Waals surface area contributed by atoms with E-state index >= 15 is 0 Å². The maximum absolute atomic E-state index is 12.5. The zero-order chi connectivity index (χ0) is 14.5. The third-order valence-electron chi connectivity index (χ3n) is 5.51. The molecule has 2 saturated carbocycles. The Bertz CT molecular complexity index is 304. The summed E-state index contributed by atoms with van der Waals surface area (Å²) in [6.45, 7) is 2.93. The van der Waals surface area contributed by atoms with Gasteiger partial charge in [0.1, 0.15) is 0 Å². The van der Waals surface area contributed by atoms with E-state index in [-0.39, 0.29) is 0 Å². The van der Waals surface area contributed by atoms with Crippen molar-refractivity contribution in [3.63, 3.8) is 0 Å². The predicted octanol–water partition coefficient (Wildman–Crippen LogP) is 3.29. The highest BCUT2D eigenvalue weighted by Gasteiger charge is 2.26. The predicted molar refractivity (Wildman–Crippen MR) is 83.7 cm³/mol. The van der Waals surface area contributed by atoms with E-state index in [1.54, 1.807) is 0 Å². The van der Waals surface area contributed by atoms with E-state index in [1.807, 2.05) is 11.9 Å². The van der Waals surface area contributed by atoms with Crippen LogP contribution in [0.3, 0.4) is 0 Å². The minimum absolute atomic E-state index is 0.317. The van der Waals surface area contributed by atoms with E-state index in [9.17, 15) is 4.79 Å². The van der Waals surface area contributed by atoms with E-state index in [0.717, 1.165) is 5.92 Å². The number of carbonyl (C=O) groups excluding carboxylic acids is 1. The Hall–Kier alpha value is -0.570. The van der Waals surface area contributed by atoms with Crippen molar-refractivity contribution in [2.45, 2.75) is 76.8 Å². The largest absolute Gasteiger partial charge is 0.342 e. The molecule has 0 saturated heterocycles. The molecule has 116 valence electrons. The highest BCUT2D eigenvalue weighted by Crippen LogP contribution is 2.27. The standard InChI is InChI=1S/C17H32N2O/c1-14-9-11-16(12-10-14)19(3)17(20)13-18(2)15-7-5-4-6-8-15/h14-16H,4-13H2,1-3H3. The van der Waals surface area contributed by atoms with Crippen LogP contribution in [0.2, 0.25) is 0 Å². The molecule has 1 amide bonds. The van der Waals surface area contributed by atoms with Gasteiger partial charge < -0.3 is 4.90 Å². The van der Waals surface area contributed by atoms with Gasteiger partial charge in [0.25, 0.3) is 0 Å². The van der Waals surface area contributed by atoms with Crippen LogP contribution in [0.25, 0.3) is 0 Å². The van der Waals surface area contributed by atoms with E-state index in [1.165, 1.54) is 57.8 Å². The Morgan fingerprint density at radius 1 is 0.900 bits per heavy atom. The number of likely N-dealkylation sites (N-methyl/N-ethyl adjacent to an activating group) is 2. The molecule has 0 aromatic heterocycles. The summed E-state index contributed by atoms with van der Waals surface area (Å²) in [5.41, 5.74) is 0. The van der Waals surface area contributed by atoms with Gasteiger partial charge in [0.2, 0.25) is 5.91 Å². The monoisotopic (exact) mass is 280 g/mol. The van der Waals surface area contributed by atoms with E-state index in [0.29, 0.717) is 24.5 Å². The van der Waals surface area contributed by atoms with Crippen LogP contribution >= 0.6 is 0 Å². The molecule has 0 bridgehead atoms. The average Bonchev–Trinajstić information content (AvgIpc) is 2.48. The summed E-state index contributed by atoms with van der Waals surface area (Å²) in [6.07, 6.45) is 11.5. The minimum atomic E-state index is 0.317. The van der Waals surface area contributed by atoms with Gasteiger partial charge in [-0.25, -0.2) is 0 Å². The third-order valence-corrected chi connectivity index (χ3v) is 5.51. The number of nitrogens with zero attached hydrogens (tertiary/aromatic N) is 2. The molecule has 0 N–H and O–H groups in total. The van der Waals surface area contributed by atoms with E-state index in [2.05, 4.69) is 18.9 Å². The molecule has 0 aromatic rings. The lowest BCUT2D eigenvalue weighted by molar-refractivity contribution is -0.134. The van der Waals surface area contributed by atoms with Gasteiger partial charge in [-0.2, -0.15) is 0 Å². The molecular formula is C17H32N2O.